The van der Waals surface area contributed by atoms with Gasteiger partial charge in [-0.1, -0.05) is 56.3 Å². The number of rotatable bonds is 7. The smallest absolute Gasteiger partial charge is 0.220 e. The van der Waals surface area contributed by atoms with Crippen molar-refractivity contribution < 1.29 is 9.53 Å². The molecule has 3 heteroatoms. The van der Waals surface area contributed by atoms with Gasteiger partial charge < -0.3 is 10.1 Å². The van der Waals surface area contributed by atoms with Gasteiger partial charge in [-0.05, 0) is 71.3 Å². The Bertz CT molecular complexity index is 1000. The van der Waals surface area contributed by atoms with Gasteiger partial charge in [-0.2, -0.15) is 0 Å². The highest BCUT2D eigenvalue weighted by molar-refractivity contribution is 5.86. The normalized spacial score (nSPS) is 12.2. The number of nitrogens with one attached hydrogen (secondary N) is 1. The SMILES string of the molecule is COc1cc(C)c([C@H](C)NC(=O)CCc2cccc3ccccc23)cc1C(C)C. The quantitative estimate of drug-likeness (QED) is 0.531. The van der Waals surface area contributed by atoms with Gasteiger partial charge in [0.1, 0.15) is 5.75 Å². The minimum atomic E-state index is -0.0431. The minimum absolute atomic E-state index is 0.0431. The zero-order valence-corrected chi connectivity index (χ0v) is 18.1. The Hall–Kier alpha value is -2.81. The van der Waals surface area contributed by atoms with Crippen molar-refractivity contribution in [1.29, 1.82) is 0 Å². The van der Waals surface area contributed by atoms with E-state index in [1.807, 2.05) is 12.1 Å². The van der Waals surface area contributed by atoms with E-state index in [-0.39, 0.29) is 11.9 Å². The molecule has 1 N–H and O–H groups in total. The van der Waals surface area contributed by atoms with E-state index in [2.05, 4.69) is 75.5 Å². The zero-order chi connectivity index (χ0) is 21.0. The predicted octanol–water partition coefficient (Wildman–Crippen LogP) is 6.09. The summed E-state index contributed by atoms with van der Waals surface area (Å²) in [6.45, 7) is 8.43. The van der Waals surface area contributed by atoms with E-state index < -0.39 is 0 Å². The molecule has 3 rings (SSSR count). The summed E-state index contributed by atoms with van der Waals surface area (Å²) in [6.07, 6.45) is 1.21. The molecule has 3 aromatic rings. The zero-order valence-electron chi connectivity index (χ0n) is 18.1. The predicted molar refractivity (Wildman–Crippen MR) is 121 cm³/mol. The Morgan fingerprint density at radius 1 is 1.00 bits per heavy atom. The van der Waals surface area contributed by atoms with Gasteiger partial charge in [0, 0.05) is 6.42 Å². The minimum Gasteiger partial charge on any atom is -0.496 e. The Balaban J connectivity index is 1.70. The fourth-order valence-electron chi connectivity index (χ4n) is 3.96. The number of benzene rings is 3. The van der Waals surface area contributed by atoms with E-state index in [0.717, 1.165) is 23.3 Å². The molecule has 0 spiro atoms. The van der Waals surface area contributed by atoms with Gasteiger partial charge in [0.25, 0.3) is 0 Å². The van der Waals surface area contributed by atoms with E-state index in [9.17, 15) is 4.79 Å². The highest BCUT2D eigenvalue weighted by Crippen LogP contribution is 2.32. The van der Waals surface area contributed by atoms with Crippen LogP contribution in [0, 0.1) is 6.92 Å². The topological polar surface area (TPSA) is 38.3 Å². The second-order valence-electron chi connectivity index (χ2n) is 8.03. The molecule has 0 aliphatic rings. The molecule has 1 atom stereocenters. The molecule has 0 saturated heterocycles. The third-order valence-electron chi connectivity index (χ3n) is 5.59. The molecule has 0 unspecified atom stereocenters. The van der Waals surface area contributed by atoms with Gasteiger partial charge in [0.05, 0.1) is 13.2 Å². The molecular weight excluding hydrogens is 358 g/mol. The summed E-state index contributed by atoms with van der Waals surface area (Å²) in [6, 6.07) is 18.8. The molecule has 29 heavy (non-hydrogen) atoms. The first-order valence-electron chi connectivity index (χ1n) is 10.3. The number of ether oxygens (including phenoxy) is 1. The highest BCUT2D eigenvalue weighted by Gasteiger charge is 2.17. The molecule has 152 valence electrons. The van der Waals surface area contributed by atoms with E-state index in [1.165, 1.54) is 21.9 Å². The lowest BCUT2D eigenvalue weighted by Crippen LogP contribution is -2.27. The van der Waals surface area contributed by atoms with Crippen LogP contribution in [0.4, 0.5) is 0 Å². The monoisotopic (exact) mass is 389 g/mol. The first kappa shape index (κ1) is 20.9. The van der Waals surface area contributed by atoms with Crippen molar-refractivity contribution in [3.8, 4) is 5.75 Å². The maximum atomic E-state index is 12.7. The number of hydrogen-bond donors (Lipinski definition) is 1. The van der Waals surface area contributed by atoms with Crippen LogP contribution in [0.1, 0.15) is 61.4 Å². The summed E-state index contributed by atoms with van der Waals surface area (Å²) in [7, 11) is 1.71. The Morgan fingerprint density at radius 2 is 1.72 bits per heavy atom. The van der Waals surface area contributed by atoms with Crippen LogP contribution >= 0.6 is 0 Å². The third kappa shape index (κ3) is 4.79. The van der Waals surface area contributed by atoms with Crippen molar-refractivity contribution in [2.45, 2.75) is 52.5 Å². The van der Waals surface area contributed by atoms with Crippen LogP contribution in [-0.2, 0) is 11.2 Å². The summed E-state index contributed by atoms with van der Waals surface area (Å²) in [5, 5.41) is 5.62. The first-order chi connectivity index (χ1) is 13.9. The van der Waals surface area contributed by atoms with Gasteiger partial charge in [0.2, 0.25) is 5.91 Å². The molecule has 0 fully saturated rings. The van der Waals surface area contributed by atoms with E-state index >= 15 is 0 Å². The third-order valence-corrected chi connectivity index (χ3v) is 5.59. The first-order valence-corrected chi connectivity index (χ1v) is 10.3. The average Bonchev–Trinajstić information content (AvgIpc) is 2.71. The Labute approximate surface area is 174 Å². The molecule has 0 bridgehead atoms. The van der Waals surface area contributed by atoms with E-state index in [0.29, 0.717) is 12.3 Å². The molecule has 0 aromatic heterocycles. The lowest BCUT2D eigenvalue weighted by molar-refractivity contribution is -0.121. The molecule has 0 saturated carbocycles. The van der Waals surface area contributed by atoms with Crippen molar-refractivity contribution >= 4 is 16.7 Å². The largest absolute Gasteiger partial charge is 0.496 e. The van der Waals surface area contributed by atoms with Crippen molar-refractivity contribution in [2.75, 3.05) is 7.11 Å². The van der Waals surface area contributed by atoms with Crippen molar-refractivity contribution in [1.82, 2.24) is 5.32 Å². The number of carbonyl (C=O) groups is 1. The van der Waals surface area contributed by atoms with Gasteiger partial charge in [-0.15, -0.1) is 0 Å². The molecule has 3 nitrogen and oxygen atoms in total. The van der Waals surface area contributed by atoms with Crippen LogP contribution in [0.3, 0.4) is 0 Å². The summed E-state index contributed by atoms with van der Waals surface area (Å²) >= 11 is 0. The number of methoxy groups -OCH3 is 1. The van der Waals surface area contributed by atoms with E-state index in [4.69, 9.17) is 4.74 Å². The highest BCUT2D eigenvalue weighted by atomic mass is 16.5. The average molecular weight is 390 g/mol. The van der Waals surface area contributed by atoms with Crippen molar-refractivity contribution in [3.05, 3.63) is 76.9 Å². The number of amides is 1. The molecular formula is C26H31NO2. The Morgan fingerprint density at radius 3 is 2.45 bits per heavy atom. The summed E-state index contributed by atoms with van der Waals surface area (Å²) < 4.78 is 5.54. The number of aryl methyl sites for hydroxylation is 2. The van der Waals surface area contributed by atoms with Gasteiger partial charge in [-0.3, -0.25) is 4.79 Å². The van der Waals surface area contributed by atoms with Crippen LogP contribution in [-0.4, -0.2) is 13.0 Å². The van der Waals surface area contributed by atoms with Crippen molar-refractivity contribution in [2.24, 2.45) is 0 Å². The Kier molecular flexibility index (Phi) is 6.58. The lowest BCUT2D eigenvalue weighted by atomic mass is 9.93. The summed E-state index contributed by atoms with van der Waals surface area (Å²) in [4.78, 5) is 12.7. The summed E-state index contributed by atoms with van der Waals surface area (Å²) in [5.74, 6) is 1.35. The molecule has 3 aromatic carbocycles. The van der Waals surface area contributed by atoms with Crippen LogP contribution in [0.5, 0.6) is 5.75 Å². The maximum absolute atomic E-state index is 12.7. The maximum Gasteiger partial charge on any atom is 0.220 e. The fourth-order valence-corrected chi connectivity index (χ4v) is 3.96. The van der Waals surface area contributed by atoms with Crippen LogP contribution in [0.15, 0.2) is 54.6 Å². The second kappa shape index (κ2) is 9.13. The van der Waals surface area contributed by atoms with Crippen LogP contribution in [0.25, 0.3) is 10.8 Å². The second-order valence-corrected chi connectivity index (χ2v) is 8.03. The van der Waals surface area contributed by atoms with Gasteiger partial charge in [0.15, 0.2) is 0 Å². The van der Waals surface area contributed by atoms with E-state index in [1.54, 1.807) is 7.11 Å². The summed E-state index contributed by atoms with van der Waals surface area (Å²) in [5.41, 5.74) is 4.67. The molecule has 0 radical (unpaired) electrons. The number of carbonyl (C=O) groups excluding carboxylic acids is 1. The molecule has 0 aliphatic carbocycles. The number of hydrogen-bond acceptors (Lipinski definition) is 2. The van der Waals surface area contributed by atoms with Gasteiger partial charge >= 0.3 is 0 Å². The van der Waals surface area contributed by atoms with Crippen molar-refractivity contribution in [3.63, 3.8) is 0 Å². The standard InChI is InChI=1S/C26H31NO2/c1-17(2)23-16-24(18(3)15-25(23)29-5)19(4)27-26(28)14-13-21-11-8-10-20-9-6-7-12-22(20)21/h6-12,15-17,19H,13-14H2,1-5H3,(H,27,28)/t19-/m0/s1. The molecule has 0 aliphatic heterocycles. The molecule has 1 amide bonds. The van der Waals surface area contributed by atoms with Gasteiger partial charge in [-0.25, -0.2) is 0 Å². The molecule has 0 heterocycles. The van der Waals surface area contributed by atoms with Crippen LogP contribution in [0.2, 0.25) is 0 Å². The fraction of sp³-hybridized carbons (Fsp3) is 0.346. The lowest BCUT2D eigenvalue weighted by Gasteiger charge is -2.21. The number of fused-ring (bicyclic) bond motifs is 1. The van der Waals surface area contributed by atoms with Crippen LogP contribution < -0.4 is 10.1 Å².